The first-order chi connectivity index (χ1) is 16.6. The highest BCUT2D eigenvalue weighted by molar-refractivity contribution is 6.33. The summed E-state index contributed by atoms with van der Waals surface area (Å²) in [6.07, 6.45) is 4.71. The Balaban J connectivity index is 1.41. The zero-order chi connectivity index (χ0) is 23.1. The van der Waals surface area contributed by atoms with Gasteiger partial charge in [0, 0.05) is 11.6 Å². The van der Waals surface area contributed by atoms with E-state index >= 15 is 0 Å². The zero-order valence-electron chi connectivity index (χ0n) is 19.0. The van der Waals surface area contributed by atoms with Gasteiger partial charge in [0.15, 0.2) is 11.2 Å². The molecule has 1 aliphatic heterocycles. The van der Waals surface area contributed by atoms with Crippen molar-refractivity contribution in [3.05, 3.63) is 65.4 Å². The van der Waals surface area contributed by atoms with Gasteiger partial charge in [-0.2, -0.15) is 4.98 Å². The second-order valence-corrected chi connectivity index (χ2v) is 9.71. The van der Waals surface area contributed by atoms with Gasteiger partial charge in [-0.15, -0.1) is 0 Å². The number of hydrogen-bond acceptors (Lipinski definition) is 6. The number of aromatic nitrogens is 4. The highest BCUT2D eigenvalue weighted by Crippen LogP contribution is 2.41. The fourth-order valence-corrected chi connectivity index (χ4v) is 4.33. The van der Waals surface area contributed by atoms with Crippen LogP contribution in [0.15, 0.2) is 54.9 Å². The molecule has 7 nitrogen and oxygen atoms in total. The molecule has 6 rings (SSSR count). The van der Waals surface area contributed by atoms with Crippen LogP contribution in [0.25, 0.3) is 22.6 Å². The molecular formula is C26H26ClN5O2. The van der Waals surface area contributed by atoms with Crippen molar-refractivity contribution in [1.29, 1.82) is 0 Å². The van der Waals surface area contributed by atoms with Crippen molar-refractivity contribution in [2.24, 2.45) is 0 Å². The van der Waals surface area contributed by atoms with Gasteiger partial charge in [0.2, 0.25) is 5.88 Å². The van der Waals surface area contributed by atoms with Crippen LogP contribution in [0, 0.1) is 0 Å². The second-order valence-electron chi connectivity index (χ2n) is 9.30. The average Bonchev–Trinajstić information content (AvgIpc) is 3.42. The van der Waals surface area contributed by atoms with Crippen LogP contribution in [0.1, 0.15) is 31.7 Å². The molecule has 3 heterocycles. The minimum atomic E-state index is -0.170. The van der Waals surface area contributed by atoms with Crippen LogP contribution in [0.5, 0.6) is 11.6 Å². The maximum absolute atomic E-state index is 6.77. The first-order valence-corrected chi connectivity index (χ1v) is 12.1. The largest absolute Gasteiger partial charge is 0.492 e. The van der Waals surface area contributed by atoms with E-state index in [4.69, 9.17) is 26.1 Å². The zero-order valence-corrected chi connectivity index (χ0v) is 19.8. The van der Waals surface area contributed by atoms with Gasteiger partial charge in [0.1, 0.15) is 30.1 Å². The Hall–Kier alpha value is -3.16. The van der Waals surface area contributed by atoms with E-state index in [0.29, 0.717) is 35.6 Å². The Labute approximate surface area is 203 Å². The van der Waals surface area contributed by atoms with Gasteiger partial charge in [0.05, 0.1) is 11.6 Å². The first-order valence-electron chi connectivity index (χ1n) is 11.7. The normalized spacial score (nSPS) is 18.5. The predicted molar refractivity (Wildman–Crippen MR) is 131 cm³/mol. The smallest absolute Gasteiger partial charge is 0.245 e. The number of nitrogens with zero attached hydrogens (tertiary/aromatic N) is 4. The van der Waals surface area contributed by atoms with E-state index in [1.54, 1.807) is 6.33 Å². The van der Waals surface area contributed by atoms with Gasteiger partial charge in [-0.1, -0.05) is 41.9 Å². The fraction of sp³-hybridized carbons (Fsp3) is 0.346. The number of imidazole rings is 1. The molecular weight excluding hydrogens is 450 g/mol. The molecule has 1 saturated carbocycles. The van der Waals surface area contributed by atoms with Gasteiger partial charge in [0.25, 0.3) is 0 Å². The molecule has 34 heavy (non-hydrogen) atoms. The molecule has 1 aliphatic carbocycles. The fourth-order valence-electron chi connectivity index (χ4n) is 4.08. The Kier molecular flexibility index (Phi) is 5.38. The number of nitrogens with one attached hydrogen (secondary N) is 1. The van der Waals surface area contributed by atoms with E-state index in [1.165, 1.54) is 0 Å². The molecule has 2 aromatic carbocycles. The van der Waals surface area contributed by atoms with Crippen molar-refractivity contribution in [3.63, 3.8) is 0 Å². The number of hydrogen-bond donors (Lipinski definition) is 1. The molecule has 0 spiro atoms. The monoisotopic (exact) mass is 475 g/mol. The Morgan fingerprint density at radius 2 is 1.97 bits per heavy atom. The summed E-state index contributed by atoms with van der Waals surface area (Å²) in [5.41, 5.74) is 3.15. The molecule has 2 aliphatic rings. The van der Waals surface area contributed by atoms with Crippen LogP contribution in [0.4, 0.5) is 0 Å². The maximum atomic E-state index is 6.77. The first kappa shape index (κ1) is 21.4. The Morgan fingerprint density at radius 1 is 1.15 bits per heavy atom. The highest BCUT2D eigenvalue weighted by atomic mass is 35.5. The summed E-state index contributed by atoms with van der Waals surface area (Å²) in [6, 6.07) is 16.4. The molecule has 8 heteroatoms. The third-order valence-electron chi connectivity index (χ3n) is 6.54. The van der Waals surface area contributed by atoms with E-state index < -0.39 is 0 Å². The summed E-state index contributed by atoms with van der Waals surface area (Å²) in [7, 11) is 0. The SMILES string of the molecule is CC1(Oc2ncnc3c2nc(-c2ccc(OC[C@H]4CCN4)cc2Cl)n3Cc2ccccc2)CC1. The quantitative estimate of drug-likeness (QED) is 0.392. The summed E-state index contributed by atoms with van der Waals surface area (Å²) < 4.78 is 14.2. The third-order valence-corrected chi connectivity index (χ3v) is 6.85. The summed E-state index contributed by atoms with van der Waals surface area (Å²) in [5, 5.41) is 3.92. The van der Waals surface area contributed by atoms with Crippen molar-refractivity contribution in [2.45, 2.75) is 44.4 Å². The lowest BCUT2D eigenvalue weighted by atomic mass is 10.1. The van der Waals surface area contributed by atoms with Gasteiger partial charge in [-0.25, -0.2) is 9.97 Å². The second kappa shape index (κ2) is 8.56. The Bertz CT molecular complexity index is 1330. The number of rotatable bonds is 8. The molecule has 174 valence electrons. The lowest BCUT2D eigenvalue weighted by Crippen LogP contribution is -2.46. The molecule has 0 unspecified atom stereocenters. The van der Waals surface area contributed by atoms with Crippen molar-refractivity contribution in [1.82, 2.24) is 24.8 Å². The standard InChI is InChI=1S/C26H26ClN5O2/c1-26(10-11-26)34-25-22-24(29-16-30-25)32(14-17-5-3-2-4-6-17)23(31-22)20-8-7-19(13-21(20)27)33-15-18-9-12-28-18/h2-8,13,16,18,28H,9-12,14-15H2,1H3/t18-/m1/s1. The van der Waals surface area contributed by atoms with Crippen LogP contribution in [-0.4, -0.2) is 44.3 Å². The molecule has 2 fully saturated rings. The molecule has 2 aromatic heterocycles. The number of fused-ring (bicyclic) bond motifs is 1. The van der Waals surface area contributed by atoms with Crippen LogP contribution < -0.4 is 14.8 Å². The van der Waals surface area contributed by atoms with Crippen molar-refractivity contribution < 1.29 is 9.47 Å². The highest BCUT2D eigenvalue weighted by Gasteiger charge is 2.41. The van der Waals surface area contributed by atoms with Gasteiger partial charge in [-0.3, -0.25) is 0 Å². The van der Waals surface area contributed by atoms with Crippen molar-refractivity contribution >= 4 is 22.8 Å². The van der Waals surface area contributed by atoms with Crippen LogP contribution in [0.3, 0.4) is 0 Å². The molecule has 0 radical (unpaired) electrons. The van der Waals surface area contributed by atoms with Crippen molar-refractivity contribution in [2.75, 3.05) is 13.2 Å². The summed E-state index contributed by atoms with van der Waals surface area (Å²) in [6.45, 7) is 4.39. The van der Waals surface area contributed by atoms with Gasteiger partial charge in [-0.05, 0) is 56.5 Å². The van der Waals surface area contributed by atoms with E-state index in [0.717, 1.165) is 54.2 Å². The predicted octanol–water partition coefficient (Wildman–Crippen LogP) is 4.87. The molecule has 1 saturated heterocycles. The lowest BCUT2D eigenvalue weighted by molar-refractivity contribution is 0.194. The van der Waals surface area contributed by atoms with Gasteiger partial charge < -0.3 is 19.4 Å². The lowest BCUT2D eigenvalue weighted by Gasteiger charge is -2.27. The molecule has 1 N–H and O–H groups in total. The van der Waals surface area contributed by atoms with Gasteiger partial charge >= 0.3 is 0 Å². The third kappa shape index (κ3) is 4.21. The number of benzene rings is 2. The minimum Gasteiger partial charge on any atom is -0.492 e. The summed E-state index contributed by atoms with van der Waals surface area (Å²) in [4.78, 5) is 13.9. The average molecular weight is 476 g/mol. The van der Waals surface area contributed by atoms with Crippen molar-refractivity contribution in [3.8, 4) is 23.0 Å². The summed E-state index contributed by atoms with van der Waals surface area (Å²) in [5.74, 6) is 1.99. The molecule has 4 aromatic rings. The van der Waals surface area contributed by atoms with E-state index in [-0.39, 0.29) is 5.60 Å². The Morgan fingerprint density at radius 3 is 2.68 bits per heavy atom. The summed E-state index contributed by atoms with van der Waals surface area (Å²) >= 11 is 6.77. The minimum absolute atomic E-state index is 0.170. The number of ether oxygens (including phenoxy) is 2. The molecule has 0 amide bonds. The molecule has 1 atom stereocenters. The van der Waals surface area contributed by atoms with E-state index in [2.05, 4.69) is 38.9 Å². The van der Waals surface area contributed by atoms with E-state index in [1.807, 2.05) is 36.4 Å². The van der Waals surface area contributed by atoms with Crippen LogP contribution >= 0.6 is 11.6 Å². The number of halogens is 1. The topological polar surface area (TPSA) is 74.1 Å². The maximum Gasteiger partial charge on any atom is 0.245 e. The molecule has 0 bridgehead atoms. The van der Waals surface area contributed by atoms with Crippen LogP contribution in [-0.2, 0) is 6.54 Å². The van der Waals surface area contributed by atoms with Crippen LogP contribution in [0.2, 0.25) is 5.02 Å². The van der Waals surface area contributed by atoms with E-state index in [9.17, 15) is 0 Å².